The Bertz CT molecular complexity index is 558. The second-order valence-corrected chi connectivity index (χ2v) is 6.11. The molecule has 0 aromatic heterocycles. The first-order valence-electron chi connectivity index (χ1n) is 6.61. The molecule has 0 aliphatic heterocycles. The van der Waals surface area contributed by atoms with Crippen LogP contribution in [0.25, 0.3) is 0 Å². The van der Waals surface area contributed by atoms with Crippen molar-refractivity contribution in [3.8, 4) is 0 Å². The van der Waals surface area contributed by atoms with E-state index < -0.39 is 0 Å². The summed E-state index contributed by atoms with van der Waals surface area (Å²) in [6, 6.07) is 14.7. The van der Waals surface area contributed by atoms with Gasteiger partial charge in [-0.15, -0.1) is 0 Å². The van der Waals surface area contributed by atoms with E-state index in [4.69, 9.17) is 5.73 Å². The van der Waals surface area contributed by atoms with E-state index in [0.717, 1.165) is 10.0 Å². The van der Waals surface area contributed by atoms with Crippen molar-refractivity contribution in [2.24, 2.45) is 5.73 Å². The molecule has 19 heavy (non-hydrogen) atoms. The monoisotopic (exact) mass is 317 g/mol. The van der Waals surface area contributed by atoms with Gasteiger partial charge in [-0.1, -0.05) is 66.2 Å². The molecule has 2 N–H and O–H groups in total. The van der Waals surface area contributed by atoms with Gasteiger partial charge in [-0.25, -0.2) is 0 Å². The zero-order valence-corrected chi connectivity index (χ0v) is 13.2. The van der Waals surface area contributed by atoms with E-state index in [1.807, 2.05) is 12.1 Å². The summed E-state index contributed by atoms with van der Waals surface area (Å²) in [7, 11) is 0. The van der Waals surface area contributed by atoms with E-state index in [0.29, 0.717) is 5.92 Å². The van der Waals surface area contributed by atoms with Gasteiger partial charge in [0.1, 0.15) is 0 Å². The van der Waals surface area contributed by atoms with Crippen LogP contribution in [-0.4, -0.2) is 0 Å². The van der Waals surface area contributed by atoms with Gasteiger partial charge in [-0.2, -0.15) is 0 Å². The maximum Gasteiger partial charge on any atom is 0.0554 e. The summed E-state index contributed by atoms with van der Waals surface area (Å²) in [6.07, 6.45) is 0. The molecule has 0 saturated heterocycles. The summed E-state index contributed by atoms with van der Waals surface area (Å²) in [6.45, 7) is 6.50. The SMILES string of the molecule is Cc1c(Br)cccc1C(N)c1ccc(C(C)C)cc1. The molecular formula is C17H20BrN. The van der Waals surface area contributed by atoms with Crippen LogP contribution in [-0.2, 0) is 0 Å². The Hall–Kier alpha value is -1.12. The Morgan fingerprint density at radius 3 is 2.11 bits per heavy atom. The minimum Gasteiger partial charge on any atom is -0.320 e. The zero-order valence-electron chi connectivity index (χ0n) is 11.7. The van der Waals surface area contributed by atoms with Gasteiger partial charge in [0.15, 0.2) is 0 Å². The lowest BCUT2D eigenvalue weighted by Crippen LogP contribution is -2.13. The van der Waals surface area contributed by atoms with Crippen molar-refractivity contribution in [2.45, 2.75) is 32.7 Å². The van der Waals surface area contributed by atoms with Crippen molar-refractivity contribution in [3.05, 3.63) is 69.2 Å². The molecular weight excluding hydrogens is 298 g/mol. The number of halogens is 1. The van der Waals surface area contributed by atoms with E-state index in [9.17, 15) is 0 Å². The average Bonchev–Trinajstić information content (AvgIpc) is 2.41. The number of hydrogen-bond donors (Lipinski definition) is 1. The highest BCUT2D eigenvalue weighted by molar-refractivity contribution is 9.10. The maximum absolute atomic E-state index is 6.39. The summed E-state index contributed by atoms with van der Waals surface area (Å²) >= 11 is 3.56. The Morgan fingerprint density at radius 2 is 1.53 bits per heavy atom. The maximum atomic E-state index is 6.39. The number of benzene rings is 2. The molecule has 0 bridgehead atoms. The Kier molecular flexibility index (Phi) is 4.43. The fraction of sp³-hybridized carbons (Fsp3) is 0.294. The first-order chi connectivity index (χ1) is 9.00. The van der Waals surface area contributed by atoms with Crippen LogP contribution in [0.1, 0.15) is 48.1 Å². The standard InChI is InChI=1S/C17H20BrN/c1-11(2)13-7-9-14(10-8-13)17(19)15-5-4-6-16(18)12(15)3/h4-11,17H,19H2,1-3H3. The molecule has 0 saturated carbocycles. The smallest absolute Gasteiger partial charge is 0.0554 e. The van der Waals surface area contributed by atoms with Crippen LogP contribution in [0, 0.1) is 6.92 Å². The van der Waals surface area contributed by atoms with Crippen molar-refractivity contribution >= 4 is 15.9 Å². The molecule has 2 aromatic rings. The van der Waals surface area contributed by atoms with Gasteiger partial charge >= 0.3 is 0 Å². The number of rotatable bonds is 3. The van der Waals surface area contributed by atoms with Gasteiger partial charge in [0.25, 0.3) is 0 Å². The molecule has 2 heteroatoms. The molecule has 1 nitrogen and oxygen atoms in total. The van der Waals surface area contributed by atoms with Crippen LogP contribution >= 0.6 is 15.9 Å². The summed E-state index contributed by atoms with van der Waals surface area (Å²) < 4.78 is 1.11. The van der Waals surface area contributed by atoms with E-state index in [1.165, 1.54) is 16.7 Å². The first-order valence-corrected chi connectivity index (χ1v) is 7.40. The van der Waals surface area contributed by atoms with Crippen molar-refractivity contribution in [2.75, 3.05) is 0 Å². The predicted octanol–water partition coefficient (Wildman–Crippen LogP) is 4.93. The Labute approximate surface area is 124 Å². The van der Waals surface area contributed by atoms with E-state index in [1.54, 1.807) is 0 Å². The Balaban J connectivity index is 2.33. The van der Waals surface area contributed by atoms with Gasteiger partial charge in [-0.3, -0.25) is 0 Å². The van der Waals surface area contributed by atoms with Crippen molar-refractivity contribution in [1.29, 1.82) is 0 Å². The molecule has 0 radical (unpaired) electrons. The molecule has 1 unspecified atom stereocenters. The lowest BCUT2D eigenvalue weighted by atomic mass is 9.93. The third kappa shape index (κ3) is 3.07. The van der Waals surface area contributed by atoms with E-state index in [-0.39, 0.29) is 6.04 Å². The van der Waals surface area contributed by atoms with Crippen LogP contribution in [0.4, 0.5) is 0 Å². The predicted molar refractivity (Wildman–Crippen MR) is 85.4 cm³/mol. The molecule has 2 aromatic carbocycles. The van der Waals surface area contributed by atoms with Crippen LogP contribution in [0.2, 0.25) is 0 Å². The fourth-order valence-electron chi connectivity index (χ4n) is 2.23. The summed E-state index contributed by atoms with van der Waals surface area (Å²) in [5, 5.41) is 0. The third-order valence-electron chi connectivity index (χ3n) is 3.61. The largest absolute Gasteiger partial charge is 0.320 e. The highest BCUT2D eigenvalue weighted by Crippen LogP contribution is 2.28. The van der Waals surface area contributed by atoms with Crippen molar-refractivity contribution < 1.29 is 0 Å². The minimum absolute atomic E-state index is 0.0706. The minimum atomic E-state index is -0.0706. The second-order valence-electron chi connectivity index (χ2n) is 5.25. The summed E-state index contributed by atoms with van der Waals surface area (Å²) in [5.74, 6) is 0.554. The van der Waals surface area contributed by atoms with Gasteiger partial charge in [0, 0.05) is 4.47 Å². The fourth-order valence-corrected chi connectivity index (χ4v) is 2.61. The van der Waals surface area contributed by atoms with Gasteiger partial charge in [-0.05, 0) is 41.2 Å². The molecule has 0 amide bonds. The zero-order chi connectivity index (χ0) is 14.0. The molecule has 0 aliphatic rings. The lowest BCUT2D eigenvalue weighted by Gasteiger charge is -2.17. The molecule has 1 atom stereocenters. The summed E-state index contributed by atoms with van der Waals surface area (Å²) in [4.78, 5) is 0. The molecule has 100 valence electrons. The Morgan fingerprint density at radius 1 is 0.947 bits per heavy atom. The molecule has 0 fully saturated rings. The molecule has 0 heterocycles. The van der Waals surface area contributed by atoms with Crippen LogP contribution < -0.4 is 5.73 Å². The number of hydrogen-bond acceptors (Lipinski definition) is 1. The summed E-state index contributed by atoms with van der Waals surface area (Å²) in [5.41, 5.74) is 11.3. The van der Waals surface area contributed by atoms with Crippen molar-refractivity contribution in [1.82, 2.24) is 0 Å². The average molecular weight is 318 g/mol. The van der Waals surface area contributed by atoms with E-state index >= 15 is 0 Å². The topological polar surface area (TPSA) is 26.0 Å². The number of nitrogens with two attached hydrogens (primary N) is 1. The quantitative estimate of drug-likeness (QED) is 0.853. The molecule has 0 spiro atoms. The highest BCUT2D eigenvalue weighted by Gasteiger charge is 2.13. The van der Waals surface area contributed by atoms with Crippen LogP contribution in [0.5, 0.6) is 0 Å². The van der Waals surface area contributed by atoms with E-state index in [2.05, 4.69) is 67.0 Å². The molecule has 0 aliphatic carbocycles. The van der Waals surface area contributed by atoms with Crippen LogP contribution in [0.3, 0.4) is 0 Å². The first kappa shape index (κ1) is 14.3. The van der Waals surface area contributed by atoms with Gasteiger partial charge in [0.2, 0.25) is 0 Å². The third-order valence-corrected chi connectivity index (χ3v) is 4.47. The van der Waals surface area contributed by atoms with Crippen molar-refractivity contribution in [3.63, 3.8) is 0 Å². The lowest BCUT2D eigenvalue weighted by molar-refractivity contribution is 0.842. The second kappa shape index (κ2) is 5.89. The van der Waals surface area contributed by atoms with Crippen LogP contribution in [0.15, 0.2) is 46.9 Å². The van der Waals surface area contributed by atoms with Gasteiger partial charge < -0.3 is 5.73 Å². The normalized spacial score (nSPS) is 12.7. The highest BCUT2D eigenvalue weighted by atomic mass is 79.9. The molecule has 2 rings (SSSR count). The van der Waals surface area contributed by atoms with Gasteiger partial charge in [0.05, 0.1) is 6.04 Å².